The summed E-state index contributed by atoms with van der Waals surface area (Å²) in [7, 11) is 1.61. The van der Waals surface area contributed by atoms with Gasteiger partial charge in [-0.2, -0.15) is 0 Å². The van der Waals surface area contributed by atoms with Gasteiger partial charge in [-0.05, 0) is 35.8 Å². The fraction of sp³-hybridized carbons (Fsp3) is 0.417. The topological polar surface area (TPSA) is 67.4 Å². The Morgan fingerprint density at radius 1 is 0.828 bits per heavy atom. The fourth-order valence-corrected chi connectivity index (χ4v) is 4.04. The predicted molar refractivity (Wildman–Crippen MR) is 111 cm³/mol. The maximum Gasteiger partial charge on any atom is 0.223 e. The second-order valence-corrected chi connectivity index (χ2v) is 8.07. The minimum atomic E-state index is -0.231. The first-order valence-corrected chi connectivity index (χ1v) is 10.4. The highest BCUT2D eigenvalue weighted by molar-refractivity contribution is 5.83. The molecule has 29 heavy (non-hydrogen) atoms. The molecule has 0 unspecified atom stereocenters. The number of methoxy groups -OCH3 is 1. The van der Waals surface area contributed by atoms with Crippen molar-refractivity contribution in [1.82, 2.24) is 10.6 Å². The van der Waals surface area contributed by atoms with Gasteiger partial charge in [0.05, 0.1) is 6.10 Å². The molecule has 2 N–H and O–H groups in total. The summed E-state index contributed by atoms with van der Waals surface area (Å²) in [6.45, 7) is 0.806. The van der Waals surface area contributed by atoms with E-state index in [-0.39, 0.29) is 29.8 Å². The average Bonchev–Trinajstić information content (AvgIpc) is 3.68. The van der Waals surface area contributed by atoms with Crippen molar-refractivity contribution in [3.63, 3.8) is 0 Å². The second kappa shape index (κ2) is 8.78. The van der Waals surface area contributed by atoms with E-state index in [0.717, 1.165) is 12.8 Å². The molecule has 2 saturated carbocycles. The number of ether oxygens (including phenoxy) is 1. The van der Waals surface area contributed by atoms with Crippen LogP contribution in [0.2, 0.25) is 0 Å². The minimum Gasteiger partial charge on any atom is -0.378 e. The molecule has 2 aliphatic rings. The summed E-state index contributed by atoms with van der Waals surface area (Å²) < 4.78 is 5.44. The number of nitrogens with one attached hydrogen (secondary N) is 2. The average molecular weight is 392 g/mol. The molecular weight excluding hydrogens is 364 g/mol. The molecule has 0 spiro atoms. The summed E-state index contributed by atoms with van der Waals surface area (Å²) in [6.07, 6.45) is 1.56. The Bertz CT molecular complexity index is 770. The highest BCUT2D eigenvalue weighted by atomic mass is 16.5. The van der Waals surface area contributed by atoms with Gasteiger partial charge in [-0.1, -0.05) is 60.7 Å². The Labute approximate surface area is 171 Å². The third-order valence-electron chi connectivity index (χ3n) is 6.05. The van der Waals surface area contributed by atoms with Crippen molar-refractivity contribution in [3.05, 3.63) is 71.8 Å². The molecule has 2 fully saturated rings. The molecule has 0 bridgehead atoms. The van der Waals surface area contributed by atoms with Crippen LogP contribution in [-0.4, -0.2) is 38.1 Å². The number of hydrogen-bond donors (Lipinski definition) is 2. The predicted octanol–water partition coefficient (Wildman–Crippen LogP) is 2.84. The normalized spacial score (nSPS) is 24.8. The number of carbonyl (C=O) groups is 2. The van der Waals surface area contributed by atoms with Gasteiger partial charge in [-0.15, -0.1) is 0 Å². The van der Waals surface area contributed by atoms with Crippen LogP contribution in [0.4, 0.5) is 0 Å². The first-order chi connectivity index (χ1) is 14.2. The summed E-state index contributed by atoms with van der Waals surface area (Å²) in [5.74, 6) is 0.866. The molecule has 2 aliphatic carbocycles. The zero-order valence-electron chi connectivity index (χ0n) is 16.7. The van der Waals surface area contributed by atoms with E-state index in [0.29, 0.717) is 24.9 Å². The van der Waals surface area contributed by atoms with Crippen LogP contribution >= 0.6 is 0 Å². The third kappa shape index (κ3) is 4.85. The summed E-state index contributed by atoms with van der Waals surface area (Å²) in [6, 6.07) is 20.3. The first-order valence-electron chi connectivity index (χ1n) is 10.4. The van der Waals surface area contributed by atoms with Crippen molar-refractivity contribution in [2.45, 2.75) is 30.8 Å². The fourth-order valence-electron chi connectivity index (χ4n) is 4.04. The van der Waals surface area contributed by atoms with Gasteiger partial charge in [0, 0.05) is 32.0 Å². The van der Waals surface area contributed by atoms with Crippen LogP contribution in [0, 0.1) is 11.8 Å². The van der Waals surface area contributed by atoms with Crippen LogP contribution in [0.1, 0.15) is 35.8 Å². The Morgan fingerprint density at radius 3 is 1.62 bits per heavy atom. The molecule has 0 aliphatic heterocycles. The standard InChI is InChI=1S/C24H28N2O3/c1-29-18(14-25-23(27)21-12-19(21)16-8-4-2-5-9-16)15-26-24(28)22-13-20(22)17-10-6-3-7-11-17/h2-11,18-22H,12-15H2,1H3,(H,25,27)(H,26,28)/t19-,20-,21-,22-/m1/s1. The lowest BCUT2D eigenvalue weighted by Gasteiger charge is -2.17. The van der Waals surface area contributed by atoms with Crippen LogP contribution < -0.4 is 10.6 Å². The monoisotopic (exact) mass is 392 g/mol. The molecule has 2 aromatic rings. The Hall–Kier alpha value is -2.66. The number of benzene rings is 2. The lowest BCUT2D eigenvalue weighted by atomic mass is 10.1. The van der Waals surface area contributed by atoms with Gasteiger partial charge >= 0.3 is 0 Å². The van der Waals surface area contributed by atoms with E-state index >= 15 is 0 Å². The quantitative estimate of drug-likeness (QED) is 0.690. The SMILES string of the molecule is COC(CNC(=O)[C@@H]1C[C@@H]1c1ccccc1)CNC(=O)[C@@H]1C[C@@H]1c1ccccc1. The molecule has 152 valence electrons. The number of rotatable bonds is 9. The van der Waals surface area contributed by atoms with Gasteiger partial charge in [-0.25, -0.2) is 0 Å². The number of carbonyl (C=O) groups excluding carboxylic acids is 2. The van der Waals surface area contributed by atoms with Crippen LogP contribution in [0.15, 0.2) is 60.7 Å². The summed E-state index contributed by atoms with van der Waals surface area (Å²) in [4.78, 5) is 24.8. The largest absolute Gasteiger partial charge is 0.378 e. The Morgan fingerprint density at radius 2 is 1.24 bits per heavy atom. The van der Waals surface area contributed by atoms with Gasteiger partial charge in [0.25, 0.3) is 0 Å². The van der Waals surface area contributed by atoms with Gasteiger partial charge < -0.3 is 15.4 Å². The summed E-state index contributed by atoms with van der Waals surface area (Å²) >= 11 is 0. The lowest BCUT2D eigenvalue weighted by molar-refractivity contribution is -0.123. The molecule has 2 aromatic carbocycles. The molecule has 2 amide bonds. The number of hydrogen-bond acceptors (Lipinski definition) is 3. The molecule has 0 radical (unpaired) electrons. The van der Waals surface area contributed by atoms with E-state index in [1.54, 1.807) is 7.11 Å². The van der Waals surface area contributed by atoms with E-state index < -0.39 is 0 Å². The maximum absolute atomic E-state index is 12.4. The van der Waals surface area contributed by atoms with Crippen molar-refractivity contribution in [1.29, 1.82) is 0 Å². The van der Waals surface area contributed by atoms with Gasteiger partial charge in [0.15, 0.2) is 0 Å². The van der Waals surface area contributed by atoms with Crippen molar-refractivity contribution < 1.29 is 14.3 Å². The van der Waals surface area contributed by atoms with E-state index in [4.69, 9.17) is 4.74 Å². The minimum absolute atomic E-state index is 0.0441. The van der Waals surface area contributed by atoms with Crippen LogP contribution in [-0.2, 0) is 14.3 Å². The molecular formula is C24H28N2O3. The molecule has 0 saturated heterocycles. The molecule has 4 rings (SSSR count). The van der Waals surface area contributed by atoms with Gasteiger partial charge in [-0.3, -0.25) is 9.59 Å². The van der Waals surface area contributed by atoms with E-state index in [9.17, 15) is 9.59 Å². The van der Waals surface area contributed by atoms with Crippen molar-refractivity contribution in [3.8, 4) is 0 Å². The smallest absolute Gasteiger partial charge is 0.223 e. The van der Waals surface area contributed by atoms with Crippen LogP contribution in [0.25, 0.3) is 0 Å². The number of amides is 2. The van der Waals surface area contributed by atoms with Crippen molar-refractivity contribution in [2.75, 3.05) is 20.2 Å². The maximum atomic E-state index is 12.4. The van der Waals surface area contributed by atoms with E-state index in [2.05, 4.69) is 34.9 Å². The Balaban J connectivity index is 1.18. The molecule has 0 heterocycles. The third-order valence-corrected chi connectivity index (χ3v) is 6.05. The summed E-state index contributed by atoms with van der Waals surface area (Å²) in [5, 5.41) is 5.97. The second-order valence-electron chi connectivity index (χ2n) is 8.07. The molecule has 0 aromatic heterocycles. The molecule has 5 nitrogen and oxygen atoms in total. The van der Waals surface area contributed by atoms with E-state index in [1.807, 2.05) is 36.4 Å². The van der Waals surface area contributed by atoms with Crippen molar-refractivity contribution in [2.24, 2.45) is 11.8 Å². The summed E-state index contributed by atoms with van der Waals surface area (Å²) in [5.41, 5.74) is 2.45. The molecule has 4 atom stereocenters. The zero-order valence-corrected chi connectivity index (χ0v) is 16.7. The van der Waals surface area contributed by atoms with E-state index in [1.165, 1.54) is 11.1 Å². The van der Waals surface area contributed by atoms with Gasteiger partial charge in [0.1, 0.15) is 0 Å². The Kier molecular flexibility index (Phi) is 5.95. The highest BCUT2D eigenvalue weighted by Gasteiger charge is 2.44. The van der Waals surface area contributed by atoms with Crippen molar-refractivity contribution >= 4 is 11.8 Å². The highest BCUT2D eigenvalue weighted by Crippen LogP contribution is 2.48. The first kappa shape index (κ1) is 19.6. The van der Waals surface area contributed by atoms with Crippen LogP contribution in [0.3, 0.4) is 0 Å². The van der Waals surface area contributed by atoms with Crippen LogP contribution in [0.5, 0.6) is 0 Å². The molecule has 5 heteroatoms. The zero-order chi connectivity index (χ0) is 20.2. The van der Waals surface area contributed by atoms with Gasteiger partial charge in [0.2, 0.25) is 11.8 Å². The lowest BCUT2D eigenvalue weighted by Crippen LogP contribution is -2.42.